The Balaban J connectivity index is 1.22. The molecule has 0 bridgehead atoms. The van der Waals surface area contributed by atoms with Crippen molar-refractivity contribution in [2.45, 2.75) is 44.5 Å². The van der Waals surface area contributed by atoms with Gasteiger partial charge in [-0.25, -0.2) is 0 Å². The summed E-state index contributed by atoms with van der Waals surface area (Å²) in [5, 5.41) is 5.07. The van der Waals surface area contributed by atoms with Gasteiger partial charge in [0.2, 0.25) is 0 Å². The average Bonchev–Trinajstić information content (AvgIpc) is 3.24. The summed E-state index contributed by atoms with van der Waals surface area (Å²) >= 11 is 0. The lowest BCUT2D eigenvalue weighted by molar-refractivity contribution is 0.491. The number of anilines is 2. The first-order valence-corrected chi connectivity index (χ1v) is 13.8. The Labute approximate surface area is 234 Å². The number of fused-ring (bicyclic) bond motifs is 6. The number of allylic oxidation sites excluding steroid dienone is 7. The van der Waals surface area contributed by atoms with E-state index in [4.69, 9.17) is 0 Å². The smallest absolute Gasteiger partial charge is 0.0584 e. The van der Waals surface area contributed by atoms with E-state index in [-0.39, 0.29) is 10.8 Å². The summed E-state index contributed by atoms with van der Waals surface area (Å²) in [6.45, 7) is 9.01. The molecule has 2 aliphatic heterocycles. The van der Waals surface area contributed by atoms with Crippen molar-refractivity contribution in [1.82, 2.24) is 0 Å². The highest BCUT2D eigenvalue weighted by atomic mass is 15.2. The van der Waals surface area contributed by atoms with Gasteiger partial charge < -0.3 is 9.80 Å². The van der Waals surface area contributed by atoms with E-state index in [2.05, 4.69) is 136 Å². The number of hydrogen-bond acceptors (Lipinski definition) is 2. The van der Waals surface area contributed by atoms with Crippen LogP contribution in [0.3, 0.4) is 0 Å². The van der Waals surface area contributed by atoms with E-state index in [0.29, 0.717) is 0 Å². The van der Waals surface area contributed by atoms with Crippen LogP contribution in [0.4, 0.5) is 11.4 Å². The Morgan fingerprint density at radius 3 is 1.92 bits per heavy atom. The molecular formula is C37H38N2. The van der Waals surface area contributed by atoms with Crippen LogP contribution < -0.4 is 9.80 Å². The molecule has 0 fully saturated rings. The van der Waals surface area contributed by atoms with Crippen molar-refractivity contribution in [3.63, 3.8) is 0 Å². The van der Waals surface area contributed by atoms with Gasteiger partial charge in [0, 0.05) is 42.0 Å². The third kappa shape index (κ3) is 3.93. The molecule has 1 atom stereocenters. The van der Waals surface area contributed by atoms with Gasteiger partial charge in [-0.2, -0.15) is 0 Å². The van der Waals surface area contributed by atoms with E-state index in [9.17, 15) is 1.37 Å². The van der Waals surface area contributed by atoms with Gasteiger partial charge in [0.25, 0.3) is 0 Å². The van der Waals surface area contributed by atoms with Gasteiger partial charge in [0.05, 0.1) is 7.39 Å². The van der Waals surface area contributed by atoms with Crippen molar-refractivity contribution in [2.75, 3.05) is 23.9 Å². The van der Waals surface area contributed by atoms with Crippen LogP contribution in [0, 0.1) is 0 Å². The quantitative estimate of drug-likeness (QED) is 0.252. The number of hydrogen-bond donors (Lipinski definition) is 0. The summed E-state index contributed by atoms with van der Waals surface area (Å²) in [6.07, 6.45) is 14.5. The molecule has 2 aliphatic rings. The molecule has 0 aliphatic carbocycles. The first-order chi connectivity index (χ1) is 19.1. The number of benzene rings is 4. The molecule has 1 unspecified atom stereocenters. The highest BCUT2D eigenvalue weighted by Crippen LogP contribution is 2.50. The van der Waals surface area contributed by atoms with E-state index in [1.807, 2.05) is 31.4 Å². The summed E-state index contributed by atoms with van der Waals surface area (Å²) in [6, 6.07) is 25.1. The summed E-state index contributed by atoms with van der Waals surface area (Å²) in [5.41, 5.74) is 5.87. The van der Waals surface area contributed by atoms with Gasteiger partial charge in [-0.1, -0.05) is 125 Å². The first kappa shape index (κ1) is 24.0. The summed E-state index contributed by atoms with van der Waals surface area (Å²) in [4.78, 5) is 4.43. The van der Waals surface area contributed by atoms with Gasteiger partial charge in [-0.15, -0.1) is 0 Å². The van der Waals surface area contributed by atoms with Crippen LogP contribution in [0.25, 0.3) is 21.5 Å². The third-order valence-electron chi connectivity index (χ3n) is 8.74. The predicted octanol–water partition coefficient (Wildman–Crippen LogP) is 9.07. The van der Waals surface area contributed by atoms with Crippen LogP contribution in [0.15, 0.2) is 121 Å². The third-order valence-corrected chi connectivity index (χ3v) is 8.74. The zero-order valence-corrected chi connectivity index (χ0v) is 23.9. The van der Waals surface area contributed by atoms with Crippen molar-refractivity contribution in [3.05, 3.63) is 132 Å². The fourth-order valence-corrected chi connectivity index (χ4v) is 6.87. The van der Waals surface area contributed by atoms with Gasteiger partial charge in [0.1, 0.15) is 0 Å². The Kier molecular flexibility index (Phi) is 5.74. The zero-order valence-electron chi connectivity index (χ0n) is 24.9. The zero-order chi connectivity index (χ0) is 28.3. The minimum atomic E-state index is -0.888. The number of nitrogens with zero attached hydrogens (tertiary/aromatic N) is 2. The molecular weight excluding hydrogens is 472 g/mol. The topological polar surface area (TPSA) is 6.48 Å². The Bertz CT molecular complexity index is 1750. The summed E-state index contributed by atoms with van der Waals surface area (Å²) in [5.74, 6) is 0. The van der Waals surface area contributed by atoms with Crippen molar-refractivity contribution in [3.8, 4) is 0 Å². The number of likely N-dealkylation sites (N-methyl/N-ethyl adjacent to an activating group) is 2. The first-order valence-electron chi connectivity index (χ1n) is 14.3. The molecule has 0 amide bonds. The maximum absolute atomic E-state index is 9.54. The second-order valence-electron chi connectivity index (χ2n) is 11.8. The van der Waals surface area contributed by atoms with Crippen molar-refractivity contribution < 1.29 is 1.37 Å². The normalized spacial score (nSPS) is 23.1. The van der Waals surface area contributed by atoms with Crippen molar-refractivity contribution >= 4 is 32.9 Å². The average molecular weight is 512 g/mol. The number of rotatable bonds is 4. The van der Waals surface area contributed by atoms with E-state index in [1.54, 1.807) is 0 Å². The molecule has 196 valence electrons. The van der Waals surface area contributed by atoms with Crippen molar-refractivity contribution in [1.29, 1.82) is 0 Å². The van der Waals surface area contributed by atoms with Crippen LogP contribution in [0.1, 0.15) is 40.2 Å². The van der Waals surface area contributed by atoms with E-state index < -0.39 is 6.02 Å². The molecule has 2 heteroatoms. The van der Waals surface area contributed by atoms with Crippen molar-refractivity contribution in [2.24, 2.45) is 0 Å². The molecule has 6 rings (SSSR count). The fraction of sp³-hybridized carbons (Fsp3) is 0.243. The van der Waals surface area contributed by atoms with Gasteiger partial charge in [-0.3, -0.25) is 0 Å². The minimum Gasteiger partial charge on any atom is -0.367 e. The molecule has 0 saturated carbocycles. The molecule has 4 aromatic rings. The molecule has 2 heterocycles. The SMILES string of the molecule is [2H]C1(/C=C/C=C/C=C/C=C2/N(C)c3ccc4ccccc4c3C2(C)C)N(C)c2ccc3ccccc3c2C1(C)C. The summed E-state index contributed by atoms with van der Waals surface area (Å²) in [7, 11) is 4.20. The van der Waals surface area contributed by atoms with Crippen LogP contribution in [-0.2, 0) is 10.8 Å². The lowest BCUT2D eigenvalue weighted by atomic mass is 9.78. The maximum Gasteiger partial charge on any atom is 0.0584 e. The van der Waals surface area contributed by atoms with Crippen LogP contribution in [0.2, 0.25) is 0 Å². The van der Waals surface area contributed by atoms with Crippen LogP contribution >= 0.6 is 0 Å². The standard InChI is InChI=1S/C37H38N2/c1-36(2)32(38(5)30-24-22-26-16-12-14-18-28(26)34(30)36)20-10-8-7-9-11-21-33-37(3,4)35-29-19-15-13-17-27(29)23-25-31(35)39(33)6/h7-25,32H,1-6H3/b8-7+,11-9+,20-10+,33-21+/i32D. The van der Waals surface area contributed by atoms with Crippen LogP contribution in [0.5, 0.6) is 0 Å². The Morgan fingerprint density at radius 2 is 1.23 bits per heavy atom. The molecule has 0 saturated heterocycles. The highest BCUT2D eigenvalue weighted by Gasteiger charge is 2.42. The molecule has 0 spiro atoms. The molecule has 39 heavy (non-hydrogen) atoms. The predicted molar refractivity (Wildman–Crippen MR) is 170 cm³/mol. The Hall–Kier alpha value is -4.04. The second-order valence-corrected chi connectivity index (χ2v) is 11.8. The molecule has 0 radical (unpaired) electrons. The Morgan fingerprint density at radius 1 is 0.667 bits per heavy atom. The van der Waals surface area contributed by atoms with Gasteiger partial charge >= 0.3 is 0 Å². The monoisotopic (exact) mass is 511 g/mol. The highest BCUT2D eigenvalue weighted by molar-refractivity contribution is 5.95. The van der Waals surface area contributed by atoms with E-state index in [0.717, 1.165) is 5.69 Å². The van der Waals surface area contributed by atoms with E-state index >= 15 is 0 Å². The maximum atomic E-state index is 9.54. The second kappa shape index (κ2) is 9.31. The summed E-state index contributed by atoms with van der Waals surface area (Å²) < 4.78 is 9.54. The van der Waals surface area contributed by atoms with Gasteiger partial charge in [0.15, 0.2) is 0 Å². The van der Waals surface area contributed by atoms with E-state index in [1.165, 1.54) is 44.1 Å². The fourth-order valence-electron chi connectivity index (χ4n) is 6.87. The lowest BCUT2D eigenvalue weighted by Crippen LogP contribution is -2.37. The molecule has 2 nitrogen and oxygen atoms in total. The van der Waals surface area contributed by atoms with Crippen LogP contribution in [-0.4, -0.2) is 20.1 Å². The molecule has 0 N–H and O–H groups in total. The molecule has 4 aromatic carbocycles. The largest absolute Gasteiger partial charge is 0.367 e. The van der Waals surface area contributed by atoms with Gasteiger partial charge in [-0.05, 0) is 50.9 Å². The lowest BCUT2D eigenvalue weighted by Gasteiger charge is -2.29. The minimum absolute atomic E-state index is 0.0890. The molecule has 0 aromatic heterocycles.